The Labute approximate surface area is 133 Å². The zero-order chi connectivity index (χ0) is 15.0. The van der Waals surface area contributed by atoms with Crippen molar-refractivity contribution < 1.29 is 8.42 Å². The Morgan fingerprint density at radius 3 is 2.52 bits per heavy atom. The minimum Gasteiger partial charge on any atom is -0.266 e. The summed E-state index contributed by atoms with van der Waals surface area (Å²) < 4.78 is 28.2. The molecular weight excluding hydrogens is 350 g/mol. The third-order valence-corrected chi connectivity index (χ3v) is 6.05. The van der Waals surface area contributed by atoms with Crippen LogP contribution in [0.1, 0.15) is 17.5 Å². The molecule has 0 unspecified atom stereocenters. The molecule has 2 aromatic rings. The lowest BCUT2D eigenvalue weighted by atomic mass is 10.0. The minimum absolute atomic E-state index is 0.348. The molecule has 3 rings (SSSR count). The maximum Gasteiger partial charge on any atom is 0.264 e. The molecule has 0 spiro atoms. The average Bonchev–Trinajstić information content (AvgIpc) is 2.47. The van der Waals surface area contributed by atoms with E-state index in [9.17, 15) is 8.42 Å². The smallest absolute Gasteiger partial charge is 0.264 e. The summed E-state index contributed by atoms with van der Waals surface area (Å²) in [4.78, 5) is 0.348. The monoisotopic (exact) mass is 365 g/mol. The molecule has 0 bridgehead atoms. The predicted octanol–water partition coefficient (Wildman–Crippen LogP) is 3.90. The fourth-order valence-electron chi connectivity index (χ4n) is 2.60. The molecule has 0 saturated heterocycles. The first-order chi connectivity index (χ1) is 9.98. The van der Waals surface area contributed by atoms with Gasteiger partial charge in [0.05, 0.1) is 10.6 Å². The Hall–Kier alpha value is -1.33. The van der Waals surface area contributed by atoms with Gasteiger partial charge in [0, 0.05) is 11.0 Å². The highest BCUT2D eigenvalue weighted by atomic mass is 79.9. The van der Waals surface area contributed by atoms with Crippen LogP contribution in [0.4, 0.5) is 5.69 Å². The van der Waals surface area contributed by atoms with Crippen LogP contribution in [-0.4, -0.2) is 15.0 Å². The van der Waals surface area contributed by atoms with Gasteiger partial charge in [0.25, 0.3) is 10.0 Å². The van der Waals surface area contributed by atoms with Crippen molar-refractivity contribution in [1.82, 2.24) is 0 Å². The van der Waals surface area contributed by atoms with Crippen molar-refractivity contribution in [1.29, 1.82) is 0 Å². The van der Waals surface area contributed by atoms with Crippen molar-refractivity contribution in [3.63, 3.8) is 0 Å². The summed E-state index contributed by atoms with van der Waals surface area (Å²) >= 11 is 3.43. The zero-order valence-electron chi connectivity index (χ0n) is 11.7. The minimum atomic E-state index is -3.50. The van der Waals surface area contributed by atoms with Crippen molar-refractivity contribution in [3.05, 3.63) is 58.1 Å². The SMILES string of the molecule is Cc1ccc(S(=O)(=O)N2CCCc3ccc(Br)cc32)cc1. The highest BCUT2D eigenvalue weighted by Crippen LogP contribution is 2.34. The number of benzene rings is 2. The second-order valence-corrected chi connectivity index (χ2v) is 8.04. The molecule has 1 heterocycles. The molecule has 1 aliphatic heterocycles. The Kier molecular flexibility index (Phi) is 3.80. The van der Waals surface area contributed by atoms with Gasteiger partial charge in [0.1, 0.15) is 0 Å². The van der Waals surface area contributed by atoms with Crippen molar-refractivity contribution in [3.8, 4) is 0 Å². The molecule has 3 nitrogen and oxygen atoms in total. The zero-order valence-corrected chi connectivity index (χ0v) is 14.1. The number of fused-ring (bicyclic) bond motifs is 1. The van der Waals surface area contributed by atoms with E-state index in [1.165, 1.54) is 4.31 Å². The van der Waals surface area contributed by atoms with Crippen LogP contribution in [0.5, 0.6) is 0 Å². The Balaban J connectivity index is 2.09. The van der Waals surface area contributed by atoms with Crippen LogP contribution in [0.25, 0.3) is 0 Å². The Morgan fingerprint density at radius 2 is 1.81 bits per heavy atom. The topological polar surface area (TPSA) is 37.4 Å². The normalized spacial score (nSPS) is 14.9. The van der Waals surface area contributed by atoms with Gasteiger partial charge in [-0.3, -0.25) is 4.31 Å². The second-order valence-electron chi connectivity index (χ2n) is 5.27. The fourth-order valence-corrected chi connectivity index (χ4v) is 4.48. The number of anilines is 1. The maximum absolute atomic E-state index is 12.9. The summed E-state index contributed by atoms with van der Waals surface area (Å²) in [5, 5.41) is 0. The highest BCUT2D eigenvalue weighted by molar-refractivity contribution is 9.10. The summed E-state index contributed by atoms with van der Waals surface area (Å²) in [6.07, 6.45) is 1.77. The van der Waals surface area contributed by atoms with E-state index < -0.39 is 10.0 Å². The molecule has 0 radical (unpaired) electrons. The molecule has 21 heavy (non-hydrogen) atoms. The molecular formula is C16H16BrNO2S. The molecule has 0 atom stereocenters. The number of hydrogen-bond acceptors (Lipinski definition) is 2. The quantitative estimate of drug-likeness (QED) is 0.809. The average molecular weight is 366 g/mol. The van der Waals surface area contributed by atoms with E-state index in [2.05, 4.69) is 15.9 Å². The van der Waals surface area contributed by atoms with Gasteiger partial charge in [-0.25, -0.2) is 8.42 Å². The van der Waals surface area contributed by atoms with Gasteiger partial charge in [-0.05, 0) is 49.6 Å². The highest BCUT2D eigenvalue weighted by Gasteiger charge is 2.29. The maximum atomic E-state index is 12.9. The number of aryl methyl sites for hydroxylation is 2. The first kappa shape index (κ1) is 14.6. The van der Waals surface area contributed by atoms with Gasteiger partial charge in [-0.15, -0.1) is 0 Å². The van der Waals surface area contributed by atoms with E-state index in [0.29, 0.717) is 11.4 Å². The van der Waals surface area contributed by atoms with Crippen molar-refractivity contribution in [2.24, 2.45) is 0 Å². The number of hydrogen-bond donors (Lipinski definition) is 0. The van der Waals surface area contributed by atoms with Gasteiger partial charge in [0.2, 0.25) is 0 Å². The van der Waals surface area contributed by atoms with Gasteiger partial charge >= 0.3 is 0 Å². The third-order valence-electron chi connectivity index (χ3n) is 3.73. The number of rotatable bonds is 2. The van der Waals surface area contributed by atoms with E-state index in [1.807, 2.05) is 37.3 Å². The van der Waals surface area contributed by atoms with Crippen molar-refractivity contribution >= 4 is 31.6 Å². The molecule has 1 aliphatic rings. The number of sulfonamides is 1. The van der Waals surface area contributed by atoms with Crippen LogP contribution in [0.3, 0.4) is 0 Å². The molecule has 0 saturated carbocycles. The van der Waals surface area contributed by atoms with Crippen LogP contribution in [0.2, 0.25) is 0 Å². The largest absolute Gasteiger partial charge is 0.266 e. The second kappa shape index (κ2) is 5.46. The summed E-state index contributed by atoms with van der Waals surface area (Å²) in [7, 11) is -3.50. The van der Waals surface area contributed by atoms with E-state index >= 15 is 0 Å². The van der Waals surface area contributed by atoms with Crippen molar-refractivity contribution in [2.75, 3.05) is 10.8 Å². The van der Waals surface area contributed by atoms with Gasteiger partial charge in [-0.1, -0.05) is 39.7 Å². The molecule has 110 valence electrons. The van der Waals surface area contributed by atoms with Gasteiger partial charge < -0.3 is 0 Å². The van der Waals surface area contributed by atoms with E-state index in [-0.39, 0.29) is 0 Å². The van der Waals surface area contributed by atoms with E-state index in [1.54, 1.807) is 12.1 Å². The third kappa shape index (κ3) is 2.72. The fraction of sp³-hybridized carbons (Fsp3) is 0.250. The summed E-state index contributed by atoms with van der Waals surface area (Å²) in [6, 6.07) is 12.9. The first-order valence-corrected chi connectivity index (χ1v) is 9.09. The number of nitrogens with zero attached hydrogens (tertiary/aromatic N) is 1. The standard InChI is InChI=1S/C16H16BrNO2S/c1-12-4-8-15(9-5-12)21(19,20)18-10-2-3-13-6-7-14(17)11-16(13)18/h4-9,11H,2-3,10H2,1H3. The van der Waals surface area contributed by atoms with Crippen molar-refractivity contribution in [2.45, 2.75) is 24.7 Å². The van der Waals surface area contributed by atoms with Crippen LogP contribution >= 0.6 is 15.9 Å². The molecule has 0 aromatic heterocycles. The van der Waals surface area contributed by atoms with Crippen LogP contribution in [-0.2, 0) is 16.4 Å². The summed E-state index contributed by atoms with van der Waals surface area (Å²) in [5.74, 6) is 0. The number of halogens is 1. The lowest BCUT2D eigenvalue weighted by molar-refractivity contribution is 0.586. The molecule has 0 N–H and O–H groups in total. The molecule has 0 amide bonds. The molecule has 0 fully saturated rings. The molecule has 5 heteroatoms. The van der Waals surface area contributed by atoms with Crippen LogP contribution in [0, 0.1) is 6.92 Å². The first-order valence-electron chi connectivity index (χ1n) is 6.86. The predicted molar refractivity (Wildman–Crippen MR) is 88.2 cm³/mol. The van der Waals surface area contributed by atoms with Gasteiger partial charge in [0.15, 0.2) is 0 Å². The summed E-state index contributed by atoms with van der Waals surface area (Å²) in [5.41, 5.74) is 2.92. The summed E-state index contributed by atoms with van der Waals surface area (Å²) in [6.45, 7) is 2.48. The molecule has 0 aliphatic carbocycles. The van der Waals surface area contributed by atoms with E-state index in [4.69, 9.17) is 0 Å². The lowest BCUT2D eigenvalue weighted by Crippen LogP contribution is -2.35. The Morgan fingerprint density at radius 1 is 1.10 bits per heavy atom. The van der Waals surface area contributed by atoms with E-state index in [0.717, 1.165) is 34.1 Å². The Bertz CT molecular complexity index is 769. The van der Waals surface area contributed by atoms with Gasteiger partial charge in [-0.2, -0.15) is 0 Å². The van der Waals surface area contributed by atoms with Crippen LogP contribution in [0.15, 0.2) is 51.8 Å². The lowest BCUT2D eigenvalue weighted by Gasteiger charge is -2.30. The molecule has 2 aromatic carbocycles. The van der Waals surface area contributed by atoms with Crippen LogP contribution < -0.4 is 4.31 Å².